The van der Waals surface area contributed by atoms with Gasteiger partial charge < -0.3 is 15.6 Å². The van der Waals surface area contributed by atoms with Gasteiger partial charge in [-0.15, -0.1) is 0 Å². The molecular formula is C9H19NO2. The molecule has 0 unspecified atom stereocenters. The van der Waals surface area contributed by atoms with Crippen molar-refractivity contribution >= 4 is 0 Å². The van der Waals surface area contributed by atoms with Crippen molar-refractivity contribution in [1.82, 2.24) is 0 Å². The lowest BCUT2D eigenvalue weighted by atomic mass is 9.67. The van der Waals surface area contributed by atoms with E-state index in [1.54, 1.807) is 0 Å². The van der Waals surface area contributed by atoms with Crippen LogP contribution >= 0.6 is 0 Å². The highest BCUT2D eigenvalue weighted by atomic mass is 16.5. The first-order chi connectivity index (χ1) is 5.58. The lowest BCUT2D eigenvalue weighted by molar-refractivity contribution is -0.0898. The molecular weight excluding hydrogens is 154 g/mol. The Labute approximate surface area is 73.9 Å². The van der Waals surface area contributed by atoms with E-state index in [2.05, 4.69) is 0 Å². The summed E-state index contributed by atoms with van der Waals surface area (Å²) in [5.41, 5.74) is 5.70. The number of ether oxygens (including phenoxy) is 1. The number of nitrogens with two attached hydrogens (primary N) is 1. The summed E-state index contributed by atoms with van der Waals surface area (Å²) in [6.45, 7) is 5.34. The maximum atomic E-state index is 9.17. The van der Waals surface area contributed by atoms with Crippen LogP contribution in [0.15, 0.2) is 0 Å². The van der Waals surface area contributed by atoms with E-state index in [1.807, 2.05) is 13.8 Å². The molecule has 0 spiro atoms. The van der Waals surface area contributed by atoms with Crippen LogP contribution in [0.25, 0.3) is 0 Å². The second kappa shape index (κ2) is 3.73. The molecule has 1 saturated carbocycles. The van der Waals surface area contributed by atoms with Crippen LogP contribution < -0.4 is 5.73 Å². The van der Waals surface area contributed by atoms with Gasteiger partial charge in [0.15, 0.2) is 0 Å². The zero-order valence-electron chi connectivity index (χ0n) is 7.92. The molecule has 3 nitrogen and oxygen atoms in total. The topological polar surface area (TPSA) is 55.5 Å². The Morgan fingerprint density at radius 3 is 2.50 bits per heavy atom. The zero-order valence-corrected chi connectivity index (χ0v) is 7.92. The van der Waals surface area contributed by atoms with Crippen molar-refractivity contribution in [2.45, 2.75) is 38.9 Å². The molecule has 72 valence electrons. The van der Waals surface area contributed by atoms with Crippen LogP contribution in [-0.4, -0.2) is 30.5 Å². The van der Waals surface area contributed by atoms with Gasteiger partial charge in [0.2, 0.25) is 0 Å². The zero-order chi connectivity index (χ0) is 9.19. The summed E-state index contributed by atoms with van der Waals surface area (Å²) in [5.74, 6) is 0. The fourth-order valence-electron chi connectivity index (χ4n) is 1.63. The van der Waals surface area contributed by atoms with Crippen LogP contribution in [0.5, 0.6) is 0 Å². The van der Waals surface area contributed by atoms with Crippen molar-refractivity contribution in [2.75, 3.05) is 13.2 Å². The SMILES string of the molecule is CC(C)OCC1(CN)CC(O)C1. The second-order valence-electron chi connectivity index (χ2n) is 4.13. The van der Waals surface area contributed by atoms with E-state index in [4.69, 9.17) is 15.6 Å². The summed E-state index contributed by atoms with van der Waals surface area (Å²) in [5, 5.41) is 9.17. The van der Waals surface area contributed by atoms with E-state index in [0.29, 0.717) is 13.2 Å². The standard InChI is InChI=1S/C9H19NO2/c1-7(2)12-6-9(5-10)3-8(11)4-9/h7-8,11H,3-6,10H2,1-2H3. The predicted molar refractivity (Wildman–Crippen MR) is 47.8 cm³/mol. The van der Waals surface area contributed by atoms with Crippen LogP contribution in [0.2, 0.25) is 0 Å². The molecule has 0 bridgehead atoms. The normalized spacial score (nSPS) is 35.2. The van der Waals surface area contributed by atoms with E-state index in [-0.39, 0.29) is 17.6 Å². The van der Waals surface area contributed by atoms with Crippen molar-refractivity contribution in [3.8, 4) is 0 Å². The van der Waals surface area contributed by atoms with E-state index in [0.717, 1.165) is 12.8 Å². The van der Waals surface area contributed by atoms with Gasteiger partial charge in [0.05, 0.1) is 18.8 Å². The van der Waals surface area contributed by atoms with Crippen LogP contribution in [-0.2, 0) is 4.74 Å². The Balaban J connectivity index is 2.27. The molecule has 1 fully saturated rings. The predicted octanol–water partition coefficient (Wildman–Crippen LogP) is 0.511. The van der Waals surface area contributed by atoms with E-state index in [1.165, 1.54) is 0 Å². The molecule has 3 N–H and O–H groups in total. The molecule has 0 atom stereocenters. The van der Waals surface area contributed by atoms with Crippen LogP contribution in [0.4, 0.5) is 0 Å². The van der Waals surface area contributed by atoms with Gasteiger partial charge in [-0.3, -0.25) is 0 Å². The second-order valence-corrected chi connectivity index (χ2v) is 4.13. The van der Waals surface area contributed by atoms with Crippen LogP contribution in [0.1, 0.15) is 26.7 Å². The molecule has 1 aliphatic carbocycles. The lowest BCUT2D eigenvalue weighted by Crippen LogP contribution is -2.49. The van der Waals surface area contributed by atoms with Crippen molar-refractivity contribution in [3.05, 3.63) is 0 Å². The number of aliphatic hydroxyl groups excluding tert-OH is 1. The fourth-order valence-corrected chi connectivity index (χ4v) is 1.63. The third-order valence-corrected chi connectivity index (χ3v) is 2.49. The minimum absolute atomic E-state index is 0.0731. The van der Waals surface area contributed by atoms with Gasteiger partial charge in [0.1, 0.15) is 0 Å². The largest absolute Gasteiger partial charge is 0.393 e. The first-order valence-electron chi connectivity index (χ1n) is 4.58. The van der Waals surface area contributed by atoms with Crippen molar-refractivity contribution in [1.29, 1.82) is 0 Å². The number of rotatable bonds is 4. The summed E-state index contributed by atoms with van der Waals surface area (Å²) < 4.78 is 5.50. The van der Waals surface area contributed by atoms with Crippen LogP contribution in [0.3, 0.4) is 0 Å². The molecule has 0 aromatic rings. The molecule has 0 aromatic heterocycles. The maximum Gasteiger partial charge on any atom is 0.0553 e. The minimum Gasteiger partial charge on any atom is -0.393 e. The third kappa shape index (κ3) is 2.19. The minimum atomic E-state index is -0.149. The average Bonchev–Trinajstić information content (AvgIpc) is 1.95. The van der Waals surface area contributed by atoms with Gasteiger partial charge in [-0.25, -0.2) is 0 Å². The Morgan fingerprint density at radius 2 is 2.17 bits per heavy atom. The third-order valence-electron chi connectivity index (χ3n) is 2.49. The number of hydrogen-bond acceptors (Lipinski definition) is 3. The van der Waals surface area contributed by atoms with Gasteiger partial charge in [0, 0.05) is 12.0 Å². The van der Waals surface area contributed by atoms with Gasteiger partial charge in [-0.05, 0) is 26.7 Å². The highest BCUT2D eigenvalue weighted by Gasteiger charge is 2.42. The molecule has 0 radical (unpaired) electrons. The Kier molecular flexibility index (Phi) is 3.09. The summed E-state index contributed by atoms with van der Waals surface area (Å²) in [4.78, 5) is 0. The van der Waals surface area contributed by atoms with Crippen molar-refractivity contribution in [2.24, 2.45) is 11.1 Å². The molecule has 0 heterocycles. The molecule has 1 aliphatic rings. The van der Waals surface area contributed by atoms with E-state index in [9.17, 15) is 0 Å². The van der Waals surface area contributed by atoms with Gasteiger partial charge >= 0.3 is 0 Å². The number of aliphatic hydroxyl groups is 1. The lowest BCUT2D eigenvalue weighted by Gasteiger charge is -2.44. The Morgan fingerprint density at radius 1 is 1.58 bits per heavy atom. The summed E-state index contributed by atoms with van der Waals surface area (Å²) in [7, 11) is 0. The quantitative estimate of drug-likeness (QED) is 0.651. The smallest absolute Gasteiger partial charge is 0.0553 e. The van der Waals surface area contributed by atoms with Crippen LogP contribution in [0, 0.1) is 5.41 Å². The van der Waals surface area contributed by atoms with Gasteiger partial charge in [-0.1, -0.05) is 0 Å². The molecule has 0 aliphatic heterocycles. The van der Waals surface area contributed by atoms with Gasteiger partial charge in [-0.2, -0.15) is 0 Å². The maximum absolute atomic E-state index is 9.17. The average molecular weight is 173 g/mol. The highest BCUT2D eigenvalue weighted by molar-refractivity contribution is 4.94. The van der Waals surface area contributed by atoms with E-state index >= 15 is 0 Å². The molecule has 0 amide bonds. The Hall–Kier alpha value is -0.120. The highest BCUT2D eigenvalue weighted by Crippen LogP contribution is 2.40. The molecule has 1 rings (SSSR count). The van der Waals surface area contributed by atoms with Crippen molar-refractivity contribution < 1.29 is 9.84 Å². The first kappa shape index (κ1) is 9.96. The van der Waals surface area contributed by atoms with Gasteiger partial charge in [0.25, 0.3) is 0 Å². The van der Waals surface area contributed by atoms with Crippen molar-refractivity contribution in [3.63, 3.8) is 0 Å². The summed E-state index contributed by atoms with van der Waals surface area (Å²) in [6.07, 6.45) is 1.71. The number of hydrogen-bond donors (Lipinski definition) is 2. The molecule has 3 heteroatoms. The summed E-state index contributed by atoms with van der Waals surface area (Å²) >= 11 is 0. The molecule has 0 saturated heterocycles. The Bertz CT molecular complexity index is 141. The first-order valence-corrected chi connectivity index (χ1v) is 4.58. The van der Waals surface area contributed by atoms with E-state index < -0.39 is 0 Å². The molecule has 12 heavy (non-hydrogen) atoms. The monoisotopic (exact) mass is 173 g/mol. The fraction of sp³-hybridized carbons (Fsp3) is 1.00. The summed E-state index contributed by atoms with van der Waals surface area (Å²) in [6, 6.07) is 0. The molecule has 0 aromatic carbocycles.